The predicted molar refractivity (Wildman–Crippen MR) is 223 cm³/mol. The third-order valence-corrected chi connectivity index (χ3v) is 17.5. The van der Waals surface area contributed by atoms with Crippen molar-refractivity contribution in [3.8, 4) is 0 Å². The normalized spacial score (nSPS) is 20.4. The molecule has 0 saturated carbocycles. The third kappa shape index (κ3) is 6.95. The summed E-state index contributed by atoms with van der Waals surface area (Å²) < 4.78 is 78.3. The molecular weight excluding hydrogens is 762 g/mol. The number of fused-ring (bicyclic) bond motifs is 2. The van der Waals surface area contributed by atoms with Crippen molar-refractivity contribution in [1.29, 1.82) is 0 Å². The van der Waals surface area contributed by atoms with Crippen LogP contribution >= 0.6 is 8.45 Å². The zero-order chi connectivity index (χ0) is 39.5. The van der Waals surface area contributed by atoms with E-state index >= 15 is 16.8 Å². The molecule has 56 heavy (non-hydrogen) atoms. The zero-order valence-corrected chi connectivity index (χ0v) is 34.4. The molecule has 1 saturated heterocycles. The van der Waals surface area contributed by atoms with Gasteiger partial charge in [-0.3, -0.25) is 0 Å². The molecule has 6 aromatic carbocycles. The molecule has 8 rings (SSSR count). The van der Waals surface area contributed by atoms with Gasteiger partial charge in [-0.1, -0.05) is 142 Å². The van der Waals surface area contributed by atoms with E-state index in [1.165, 1.54) is 8.15 Å². The fraction of sp³-hybridized carbons (Fsp3) is 0.250. The van der Waals surface area contributed by atoms with Crippen LogP contribution in [0.3, 0.4) is 0 Å². The van der Waals surface area contributed by atoms with Gasteiger partial charge in [0.15, 0.2) is 0 Å². The largest absolute Gasteiger partial charge is 0.477 e. The van der Waals surface area contributed by atoms with E-state index in [0.29, 0.717) is 17.7 Å². The Morgan fingerprint density at radius 1 is 0.589 bits per heavy atom. The average Bonchev–Trinajstić information content (AvgIpc) is 3.84. The van der Waals surface area contributed by atoms with Crippen LogP contribution in [-0.4, -0.2) is 49.1 Å². The van der Waals surface area contributed by atoms with E-state index in [0.717, 1.165) is 21.5 Å². The van der Waals surface area contributed by atoms with E-state index in [-0.39, 0.29) is 27.1 Å². The number of ether oxygens (including phenoxy) is 1. The molecule has 12 heteroatoms. The highest BCUT2D eigenvalue weighted by atomic mass is 32.2. The number of sulfonamides is 2. The Hall–Kier alpha value is -4.48. The fourth-order valence-corrected chi connectivity index (χ4v) is 14.4. The van der Waals surface area contributed by atoms with Gasteiger partial charge < -0.3 is 9.26 Å². The highest BCUT2D eigenvalue weighted by Gasteiger charge is 2.61. The van der Waals surface area contributed by atoms with Crippen molar-refractivity contribution in [2.45, 2.75) is 68.1 Å². The lowest BCUT2D eigenvalue weighted by atomic mass is 9.88. The fourth-order valence-electron chi connectivity index (χ4n) is 7.29. The summed E-state index contributed by atoms with van der Waals surface area (Å²) >= 11 is 0. The van der Waals surface area contributed by atoms with E-state index in [9.17, 15) is 0 Å². The van der Waals surface area contributed by atoms with Crippen LogP contribution < -0.4 is 0 Å². The summed E-state index contributed by atoms with van der Waals surface area (Å²) in [7, 11) is -11.7. The van der Waals surface area contributed by atoms with Crippen molar-refractivity contribution in [3.63, 3.8) is 0 Å². The Labute approximate surface area is 330 Å². The maximum absolute atomic E-state index is 15.6. The first-order valence-electron chi connectivity index (χ1n) is 18.5. The standard InChI is InChI=1S/C44H44N3O6PS2/c1-43(2,3)39-30-52-42(45-39)44(4,5)53-54-46(55(48,49)37-26-24-31-16-12-14-22-35(31)28-37)40(33-18-8-6-9-19-33)41(34-20-10-7-11-21-34)47(54)56(50,51)38-27-25-32-17-13-15-23-36(32)29-38/h6-29,39-41H,30H2,1-5H3/t39-,40-,41-/m1/s1. The second-order valence-corrected chi connectivity index (χ2v) is 21.5. The molecule has 0 bridgehead atoms. The van der Waals surface area contributed by atoms with E-state index in [2.05, 4.69) is 20.8 Å². The molecule has 288 valence electrons. The van der Waals surface area contributed by atoms with Crippen molar-refractivity contribution < 1.29 is 26.1 Å². The number of aliphatic imine (C=N–C) groups is 1. The highest BCUT2D eigenvalue weighted by Crippen LogP contribution is 2.69. The Morgan fingerprint density at radius 2 is 1.00 bits per heavy atom. The molecule has 3 atom stereocenters. The Morgan fingerprint density at radius 3 is 1.41 bits per heavy atom. The minimum Gasteiger partial charge on any atom is -0.477 e. The van der Waals surface area contributed by atoms with E-state index < -0.39 is 46.2 Å². The van der Waals surface area contributed by atoms with Crippen molar-refractivity contribution in [2.24, 2.45) is 10.4 Å². The van der Waals surface area contributed by atoms with E-state index in [1.54, 1.807) is 50.2 Å². The lowest BCUT2D eigenvalue weighted by molar-refractivity contribution is 0.146. The molecule has 2 heterocycles. The molecule has 0 amide bonds. The minimum absolute atomic E-state index is 0.0186. The summed E-state index contributed by atoms with van der Waals surface area (Å²) in [6, 6.07) is 41.2. The maximum Gasteiger partial charge on any atom is 0.249 e. The van der Waals surface area contributed by atoms with Crippen molar-refractivity contribution in [2.75, 3.05) is 6.61 Å². The van der Waals surface area contributed by atoms with Gasteiger partial charge in [-0.15, -0.1) is 8.15 Å². The lowest BCUT2D eigenvalue weighted by Crippen LogP contribution is -2.38. The third-order valence-electron chi connectivity index (χ3n) is 10.4. The molecule has 0 spiro atoms. The SMILES string of the molecule is CC(C)(OP1N(S(=O)(=O)c2ccc3ccccc3c2)[C@H](c2ccccc2)[C@@H](c2ccccc2)N1S(=O)(=O)c1ccc2ccccc2c1)C1=N[C@@H](C(C)(C)C)CO1. The summed E-state index contributed by atoms with van der Waals surface area (Å²) in [5, 5.41) is 3.22. The number of rotatable bonds is 9. The van der Waals surface area contributed by atoms with Crippen LogP contribution in [0.15, 0.2) is 160 Å². The van der Waals surface area contributed by atoms with Crippen LogP contribution in [0.2, 0.25) is 0 Å². The van der Waals surface area contributed by atoms with Crippen LogP contribution in [0.4, 0.5) is 0 Å². The van der Waals surface area contributed by atoms with Gasteiger partial charge in [0.2, 0.25) is 34.4 Å². The summed E-state index contributed by atoms with van der Waals surface area (Å²) in [5.74, 6) is 0.283. The highest BCUT2D eigenvalue weighted by molar-refractivity contribution is 7.98. The van der Waals surface area contributed by atoms with Crippen LogP contribution in [0.5, 0.6) is 0 Å². The van der Waals surface area contributed by atoms with Gasteiger partial charge in [0.1, 0.15) is 12.2 Å². The second-order valence-electron chi connectivity index (χ2n) is 15.8. The van der Waals surface area contributed by atoms with Gasteiger partial charge >= 0.3 is 0 Å². The van der Waals surface area contributed by atoms with Crippen molar-refractivity contribution in [3.05, 3.63) is 157 Å². The molecular formula is C44H44N3O6PS2. The molecule has 2 aliphatic heterocycles. The first-order chi connectivity index (χ1) is 26.7. The molecule has 9 nitrogen and oxygen atoms in total. The minimum atomic E-state index is -4.51. The smallest absolute Gasteiger partial charge is 0.249 e. The monoisotopic (exact) mass is 805 g/mol. The molecule has 2 aliphatic rings. The average molecular weight is 806 g/mol. The van der Waals surface area contributed by atoms with Gasteiger partial charge in [0.25, 0.3) is 0 Å². The zero-order valence-electron chi connectivity index (χ0n) is 31.9. The topological polar surface area (TPSA) is 106 Å². The van der Waals surface area contributed by atoms with Gasteiger partial charge in [0.05, 0.1) is 27.9 Å². The van der Waals surface area contributed by atoms with E-state index in [1.807, 2.05) is 109 Å². The lowest BCUT2D eigenvalue weighted by Gasteiger charge is -2.35. The molecule has 0 unspecified atom stereocenters. The number of benzene rings is 6. The second kappa shape index (κ2) is 14.5. The molecule has 0 aliphatic carbocycles. The van der Waals surface area contributed by atoms with Crippen LogP contribution in [-0.2, 0) is 29.3 Å². The van der Waals surface area contributed by atoms with E-state index in [4.69, 9.17) is 14.3 Å². The summed E-state index contributed by atoms with van der Waals surface area (Å²) in [6.07, 6.45) is 0. The first kappa shape index (κ1) is 38.4. The van der Waals surface area contributed by atoms with Gasteiger partial charge in [-0.25, -0.2) is 21.8 Å². The van der Waals surface area contributed by atoms with Gasteiger partial charge in [0, 0.05) is 0 Å². The molecule has 0 aromatic heterocycles. The number of nitrogens with zero attached hydrogens (tertiary/aromatic N) is 3. The summed E-state index contributed by atoms with van der Waals surface area (Å²) in [5.41, 5.74) is -0.354. The van der Waals surface area contributed by atoms with Crippen LogP contribution in [0, 0.1) is 5.41 Å². The summed E-state index contributed by atoms with van der Waals surface area (Å²) in [6.45, 7) is 10.1. The van der Waals surface area contributed by atoms with Gasteiger partial charge in [-0.2, -0.15) is 0 Å². The predicted octanol–water partition coefficient (Wildman–Crippen LogP) is 10.0. The van der Waals surface area contributed by atoms with Crippen LogP contribution in [0.1, 0.15) is 57.8 Å². The van der Waals surface area contributed by atoms with Crippen LogP contribution in [0.25, 0.3) is 21.5 Å². The van der Waals surface area contributed by atoms with Crippen molar-refractivity contribution >= 4 is 55.9 Å². The quantitative estimate of drug-likeness (QED) is 0.135. The molecule has 6 aromatic rings. The molecule has 0 radical (unpaired) electrons. The number of hydrogen-bond acceptors (Lipinski definition) is 7. The Bertz CT molecular complexity index is 2510. The Balaban J connectivity index is 1.40. The Kier molecular flexibility index (Phi) is 9.92. The molecule has 1 fully saturated rings. The summed E-state index contributed by atoms with van der Waals surface area (Å²) in [4.78, 5) is 4.97. The number of hydrogen-bond donors (Lipinski definition) is 0. The molecule has 0 N–H and O–H groups in total. The maximum atomic E-state index is 15.6. The first-order valence-corrected chi connectivity index (χ1v) is 22.6. The van der Waals surface area contributed by atoms with Gasteiger partial charge in [-0.05, 0) is 76.2 Å². The van der Waals surface area contributed by atoms with Crippen molar-refractivity contribution in [1.82, 2.24) is 8.15 Å².